The van der Waals surface area contributed by atoms with Crippen LogP contribution in [-0.2, 0) is 0 Å². The molecule has 0 aliphatic heterocycles. The lowest BCUT2D eigenvalue weighted by atomic mass is 10.1. The van der Waals surface area contributed by atoms with Crippen LogP contribution in [0, 0.1) is 0 Å². The van der Waals surface area contributed by atoms with Crippen molar-refractivity contribution in [3.63, 3.8) is 0 Å². The first-order valence-corrected chi connectivity index (χ1v) is 6.98. The van der Waals surface area contributed by atoms with Crippen LogP contribution in [0.5, 0.6) is 0 Å². The number of rotatable bonds is 1. The Bertz CT molecular complexity index is 999. The number of nitrogens with zero attached hydrogens (tertiary/aromatic N) is 1. The van der Waals surface area contributed by atoms with Crippen molar-refractivity contribution < 1.29 is 0 Å². The minimum Gasteiger partial charge on any atom is -0.349 e. The summed E-state index contributed by atoms with van der Waals surface area (Å²) in [4.78, 5) is 23.5. The highest BCUT2D eigenvalue weighted by atomic mass is 32.1. The largest absolute Gasteiger partial charge is 0.349 e. The van der Waals surface area contributed by atoms with E-state index in [2.05, 4.69) is 27.6 Å². The topological polar surface area (TPSA) is 61.5 Å². The van der Waals surface area contributed by atoms with E-state index in [-0.39, 0.29) is 5.43 Å². The van der Waals surface area contributed by atoms with Gasteiger partial charge in [-0.2, -0.15) is 0 Å². The maximum Gasteiger partial charge on any atom is 0.201 e. The number of H-pyrrole nitrogens is 2. The molecular weight excluding hydrogens is 282 g/mol. The van der Waals surface area contributed by atoms with Crippen molar-refractivity contribution in [2.24, 2.45) is 0 Å². The molecule has 0 radical (unpaired) electrons. The summed E-state index contributed by atoms with van der Waals surface area (Å²) in [5.41, 5.74) is 2.88. The summed E-state index contributed by atoms with van der Waals surface area (Å²) < 4.78 is 0. The Morgan fingerprint density at radius 1 is 0.905 bits per heavy atom. The van der Waals surface area contributed by atoms with Gasteiger partial charge in [-0.15, -0.1) is 12.6 Å². The van der Waals surface area contributed by atoms with Gasteiger partial charge in [-0.3, -0.25) is 4.79 Å². The van der Waals surface area contributed by atoms with Crippen molar-refractivity contribution >= 4 is 34.6 Å². The first-order chi connectivity index (χ1) is 10.2. The molecule has 102 valence electrons. The molecule has 21 heavy (non-hydrogen) atoms. The van der Waals surface area contributed by atoms with E-state index in [1.165, 1.54) is 0 Å². The molecule has 0 amide bonds. The summed E-state index contributed by atoms with van der Waals surface area (Å²) in [6.45, 7) is 0. The van der Waals surface area contributed by atoms with Crippen LogP contribution in [0.1, 0.15) is 0 Å². The van der Waals surface area contributed by atoms with Crippen LogP contribution in [0.2, 0.25) is 0 Å². The van der Waals surface area contributed by atoms with Gasteiger partial charge in [-0.1, -0.05) is 24.3 Å². The van der Waals surface area contributed by atoms with Crippen LogP contribution in [0.15, 0.2) is 58.4 Å². The number of fused-ring (bicyclic) bond motifs is 2. The number of hydrogen-bond donors (Lipinski definition) is 3. The van der Waals surface area contributed by atoms with Gasteiger partial charge in [0.1, 0.15) is 5.82 Å². The zero-order valence-corrected chi connectivity index (χ0v) is 11.8. The highest BCUT2D eigenvalue weighted by Gasteiger charge is 2.15. The molecule has 0 unspecified atom stereocenters. The van der Waals surface area contributed by atoms with E-state index in [0.29, 0.717) is 21.8 Å². The zero-order chi connectivity index (χ0) is 14.4. The second-order valence-electron chi connectivity index (χ2n) is 4.83. The summed E-state index contributed by atoms with van der Waals surface area (Å²) in [5.74, 6) is 0.535. The molecule has 0 aliphatic carbocycles. The van der Waals surface area contributed by atoms with Gasteiger partial charge in [0.15, 0.2) is 0 Å². The van der Waals surface area contributed by atoms with Gasteiger partial charge in [0.25, 0.3) is 0 Å². The molecule has 4 aromatic rings. The van der Waals surface area contributed by atoms with Crippen molar-refractivity contribution in [3.05, 3.63) is 58.8 Å². The smallest absolute Gasteiger partial charge is 0.201 e. The molecule has 0 saturated heterocycles. The van der Waals surface area contributed by atoms with Crippen molar-refractivity contribution in [2.45, 2.75) is 5.03 Å². The summed E-state index contributed by atoms with van der Waals surface area (Å²) >= 11 is 4.42. The molecule has 0 fully saturated rings. The molecule has 0 bridgehead atoms. The van der Waals surface area contributed by atoms with E-state index in [0.717, 1.165) is 16.6 Å². The van der Waals surface area contributed by atoms with Gasteiger partial charge < -0.3 is 9.97 Å². The average molecular weight is 293 g/mol. The Morgan fingerprint density at radius 2 is 1.62 bits per heavy atom. The van der Waals surface area contributed by atoms with Gasteiger partial charge in [-0.25, -0.2) is 4.98 Å². The van der Waals surface area contributed by atoms with E-state index in [1.54, 1.807) is 6.07 Å². The number of aromatic amines is 2. The highest BCUT2D eigenvalue weighted by molar-refractivity contribution is 7.80. The highest BCUT2D eigenvalue weighted by Crippen LogP contribution is 2.24. The lowest BCUT2D eigenvalue weighted by Crippen LogP contribution is -2.09. The minimum atomic E-state index is -0.0755. The maximum absolute atomic E-state index is 12.7. The van der Waals surface area contributed by atoms with Crippen LogP contribution in [0.3, 0.4) is 0 Å². The lowest BCUT2D eigenvalue weighted by molar-refractivity contribution is 1.16. The number of aromatic nitrogens is 3. The molecule has 2 aromatic heterocycles. The van der Waals surface area contributed by atoms with E-state index < -0.39 is 0 Å². The normalized spacial score (nSPS) is 11.3. The molecule has 4 rings (SSSR count). The SMILES string of the molecule is O=c1c(-c2nc3ccccc3[nH]2)c(S)[nH]c2ccccc12. The van der Waals surface area contributed by atoms with E-state index in [9.17, 15) is 4.79 Å². The number of hydrogen-bond acceptors (Lipinski definition) is 3. The Balaban J connectivity index is 2.08. The fraction of sp³-hybridized carbons (Fsp3) is 0. The first-order valence-electron chi connectivity index (χ1n) is 6.53. The third-order valence-electron chi connectivity index (χ3n) is 3.51. The number of pyridine rings is 1. The number of thiol groups is 1. The van der Waals surface area contributed by atoms with Gasteiger partial charge in [0.2, 0.25) is 5.43 Å². The molecule has 0 saturated carbocycles. The summed E-state index contributed by atoms with van der Waals surface area (Å²) in [5, 5.41) is 1.14. The predicted molar refractivity (Wildman–Crippen MR) is 86.9 cm³/mol. The third-order valence-corrected chi connectivity index (χ3v) is 3.85. The minimum absolute atomic E-state index is 0.0755. The fourth-order valence-electron chi connectivity index (χ4n) is 2.51. The predicted octanol–water partition coefficient (Wildman–Crippen LogP) is 3.36. The van der Waals surface area contributed by atoms with Gasteiger partial charge in [0, 0.05) is 5.39 Å². The Labute approximate surface area is 125 Å². The standard InChI is InChI=1S/C16H11N3OS/c20-14-9-5-1-2-6-10(9)19-16(21)13(14)15-17-11-7-3-4-8-12(11)18-15/h1-8H,(H,17,18)(H2,19,20,21). The van der Waals surface area contributed by atoms with Crippen LogP contribution < -0.4 is 5.43 Å². The Morgan fingerprint density at radius 3 is 2.43 bits per heavy atom. The van der Waals surface area contributed by atoms with Crippen molar-refractivity contribution in [1.29, 1.82) is 0 Å². The molecule has 4 nitrogen and oxygen atoms in total. The van der Waals surface area contributed by atoms with Crippen molar-refractivity contribution in [1.82, 2.24) is 15.0 Å². The Kier molecular flexibility index (Phi) is 2.62. The average Bonchev–Trinajstić information content (AvgIpc) is 2.90. The Hall–Kier alpha value is -2.53. The van der Waals surface area contributed by atoms with Gasteiger partial charge >= 0.3 is 0 Å². The second-order valence-corrected chi connectivity index (χ2v) is 5.27. The molecule has 0 atom stereocenters. The van der Waals surface area contributed by atoms with Crippen LogP contribution >= 0.6 is 12.6 Å². The fourth-order valence-corrected chi connectivity index (χ4v) is 2.84. The van der Waals surface area contributed by atoms with E-state index in [1.807, 2.05) is 42.5 Å². The van der Waals surface area contributed by atoms with E-state index in [4.69, 9.17) is 0 Å². The molecule has 2 aromatic carbocycles. The molecule has 0 aliphatic rings. The maximum atomic E-state index is 12.7. The molecular formula is C16H11N3OS. The molecule has 2 heterocycles. The summed E-state index contributed by atoms with van der Waals surface area (Å²) in [7, 11) is 0. The van der Waals surface area contributed by atoms with Gasteiger partial charge in [-0.05, 0) is 24.3 Å². The van der Waals surface area contributed by atoms with E-state index >= 15 is 0 Å². The molecule has 2 N–H and O–H groups in total. The number of benzene rings is 2. The van der Waals surface area contributed by atoms with Crippen LogP contribution in [0.4, 0.5) is 0 Å². The number of imidazole rings is 1. The van der Waals surface area contributed by atoms with Gasteiger partial charge in [0.05, 0.1) is 27.1 Å². The quantitative estimate of drug-likeness (QED) is 0.471. The zero-order valence-electron chi connectivity index (χ0n) is 10.9. The van der Waals surface area contributed by atoms with Crippen LogP contribution in [0.25, 0.3) is 33.3 Å². The second kappa shape index (κ2) is 4.49. The summed E-state index contributed by atoms with van der Waals surface area (Å²) in [6.07, 6.45) is 0. The summed E-state index contributed by atoms with van der Waals surface area (Å²) in [6, 6.07) is 15.1. The first kappa shape index (κ1) is 12.2. The lowest BCUT2D eigenvalue weighted by Gasteiger charge is -2.04. The monoisotopic (exact) mass is 293 g/mol. The van der Waals surface area contributed by atoms with Crippen molar-refractivity contribution in [2.75, 3.05) is 0 Å². The molecule has 5 heteroatoms. The number of nitrogens with one attached hydrogen (secondary N) is 2. The van der Waals surface area contributed by atoms with Crippen molar-refractivity contribution in [3.8, 4) is 11.4 Å². The third kappa shape index (κ3) is 1.86. The molecule has 0 spiro atoms. The van der Waals surface area contributed by atoms with Crippen LogP contribution in [-0.4, -0.2) is 15.0 Å². The number of para-hydroxylation sites is 3.